The van der Waals surface area contributed by atoms with Gasteiger partial charge in [-0.2, -0.15) is 0 Å². The van der Waals surface area contributed by atoms with Gasteiger partial charge in [0.2, 0.25) is 0 Å². The number of benzene rings is 1. The summed E-state index contributed by atoms with van der Waals surface area (Å²) >= 11 is 5.44. The molecule has 13 heavy (non-hydrogen) atoms. The van der Waals surface area contributed by atoms with Crippen LogP contribution < -0.4 is 4.74 Å². The van der Waals surface area contributed by atoms with Crippen molar-refractivity contribution in [2.45, 2.75) is 0 Å². The summed E-state index contributed by atoms with van der Waals surface area (Å²) < 4.78 is 17.7. The van der Waals surface area contributed by atoms with Crippen LogP contribution in [0.5, 0.6) is 5.75 Å². The highest BCUT2D eigenvalue weighted by Crippen LogP contribution is 2.27. The molecular weight excluding hydrogens is 199 g/mol. The van der Waals surface area contributed by atoms with Gasteiger partial charge in [-0.15, -0.1) is 0 Å². The molecule has 0 radical (unpaired) electrons. The van der Waals surface area contributed by atoms with E-state index in [1.165, 1.54) is 19.2 Å². The molecule has 5 heteroatoms. The molecule has 1 rings (SSSR count). The third-order valence-corrected chi connectivity index (χ3v) is 1.87. The second-order valence-corrected chi connectivity index (χ2v) is 2.63. The van der Waals surface area contributed by atoms with Gasteiger partial charge in [0.1, 0.15) is 0 Å². The SMILES string of the molecule is COc1ccc(C(=O)O)c(Cl)c1F. The van der Waals surface area contributed by atoms with Crippen molar-refractivity contribution in [3.8, 4) is 5.75 Å². The molecule has 0 atom stereocenters. The minimum Gasteiger partial charge on any atom is -0.494 e. The van der Waals surface area contributed by atoms with E-state index in [2.05, 4.69) is 4.74 Å². The lowest BCUT2D eigenvalue weighted by atomic mass is 10.2. The van der Waals surface area contributed by atoms with Gasteiger partial charge in [-0.25, -0.2) is 9.18 Å². The molecule has 0 spiro atoms. The molecular formula is C8H6ClFO3. The maximum atomic E-state index is 13.1. The van der Waals surface area contributed by atoms with Crippen molar-refractivity contribution >= 4 is 17.6 Å². The highest BCUT2D eigenvalue weighted by molar-refractivity contribution is 6.33. The molecule has 0 saturated carbocycles. The van der Waals surface area contributed by atoms with E-state index in [0.29, 0.717) is 0 Å². The van der Waals surface area contributed by atoms with Crippen LogP contribution in [0.1, 0.15) is 10.4 Å². The molecule has 0 saturated heterocycles. The minimum absolute atomic E-state index is 0.0741. The van der Waals surface area contributed by atoms with Crippen molar-refractivity contribution in [1.29, 1.82) is 0 Å². The van der Waals surface area contributed by atoms with E-state index < -0.39 is 16.8 Å². The fraction of sp³-hybridized carbons (Fsp3) is 0.125. The Morgan fingerprint density at radius 2 is 2.23 bits per heavy atom. The van der Waals surface area contributed by atoms with Gasteiger partial charge in [-0.3, -0.25) is 0 Å². The Morgan fingerprint density at radius 3 is 2.69 bits per heavy atom. The number of ether oxygens (including phenoxy) is 1. The first-order valence-electron chi connectivity index (χ1n) is 3.33. The van der Waals surface area contributed by atoms with Gasteiger partial charge in [0.05, 0.1) is 17.7 Å². The van der Waals surface area contributed by atoms with Gasteiger partial charge in [0, 0.05) is 0 Å². The van der Waals surface area contributed by atoms with Crippen LogP contribution in [-0.2, 0) is 0 Å². The lowest BCUT2D eigenvalue weighted by Gasteiger charge is -2.04. The number of hydrogen-bond acceptors (Lipinski definition) is 2. The Morgan fingerprint density at radius 1 is 1.62 bits per heavy atom. The summed E-state index contributed by atoms with van der Waals surface area (Å²) in [4.78, 5) is 10.5. The first kappa shape index (κ1) is 9.80. The van der Waals surface area contributed by atoms with Crippen LogP contribution in [0, 0.1) is 5.82 Å². The summed E-state index contributed by atoms with van der Waals surface area (Å²) in [6.07, 6.45) is 0. The van der Waals surface area contributed by atoms with E-state index in [1.807, 2.05) is 0 Å². The van der Waals surface area contributed by atoms with E-state index in [4.69, 9.17) is 16.7 Å². The number of carboxylic acids is 1. The predicted octanol–water partition coefficient (Wildman–Crippen LogP) is 2.19. The van der Waals surface area contributed by atoms with Crippen LogP contribution in [0.15, 0.2) is 12.1 Å². The molecule has 0 bridgehead atoms. The second-order valence-electron chi connectivity index (χ2n) is 2.25. The van der Waals surface area contributed by atoms with Crippen LogP contribution in [0.25, 0.3) is 0 Å². The van der Waals surface area contributed by atoms with Crippen molar-refractivity contribution in [2.75, 3.05) is 7.11 Å². The molecule has 0 amide bonds. The van der Waals surface area contributed by atoms with Crippen LogP contribution in [-0.4, -0.2) is 18.2 Å². The standard InChI is InChI=1S/C8H6ClFO3/c1-13-5-3-2-4(8(11)12)6(9)7(5)10/h2-3H,1H3,(H,11,12). The first-order valence-corrected chi connectivity index (χ1v) is 3.71. The first-order chi connectivity index (χ1) is 6.07. The number of methoxy groups -OCH3 is 1. The van der Waals surface area contributed by atoms with Gasteiger partial charge >= 0.3 is 5.97 Å². The van der Waals surface area contributed by atoms with Gasteiger partial charge in [0.25, 0.3) is 0 Å². The van der Waals surface area contributed by atoms with E-state index >= 15 is 0 Å². The van der Waals surface area contributed by atoms with E-state index in [-0.39, 0.29) is 11.3 Å². The van der Waals surface area contributed by atoms with Gasteiger partial charge in [0.15, 0.2) is 11.6 Å². The Bertz CT molecular complexity index is 351. The van der Waals surface area contributed by atoms with E-state index in [9.17, 15) is 9.18 Å². The van der Waals surface area contributed by atoms with Crippen LogP contribution in [0.3, 0.4) is 0 Å². The number of halogens is 2. The molecule has 3 nitrogen and oxygen atoms in total. The predicted molar refractivity (Wildman–Crippen MR) is 44.9 cm³/mol. The lowest BCUT2D eigenvalue weighted by Crippen LogP contribution is -2.00. The summed E-state index contributed by atoms with van der Waals surface area (Å²) in [5.41, 5.74) is -0.278. The number of aromatic carboxylic acids is 1. The Labute approximate surface area is 78.7 Å². The van der Waals surface area contributed by atoms with Gasteiger partial charge in [-0.05, 0) is 12.1 Å². The molecule has 0 heterocycles. The van der Waals surface area contributed by atoms with Crippen molar-refractivity contribution in [3.05, 3.63) is 28.5 Å². The molecule has 1 N–H and O–H groups in total. The third-order valence-electron chi connectivity index (χ3n) is 1.50. The van der Waals surface area contributed by atoms with E-state index in [0.717, 1.165) is 0 Å². The molecule has 0 aromatic heterocycles. The number of hydrogen-bond donors (Lipinski definition) is 1. The third kappa shape index (κ3) is 1.72. The van der Waals surface area contributed by atoms with Crippen LogP contribution in [0.2, 0.25) is 5.02 Å². The summed E-state index contributed by atoms with van der Waals surface area (Å²) in [6, 6.07) is 2.40. The molecule has 0 fully saturated rings. The normalized spacial score (nSPS) is 9.77. The molecule has 70 valence electrons. The summed E-state index contributed by atoms with van der Waals surface area (Å²) in [5.74, 6) is -2.20. The fourth-order valence-electron chi connectivity index (χ4n) is 0.855. The van der Waals surface area contributed by atoms with Crippen LogP contribution in [0.4, 0.5) is 4.39 Å². The summed E-state index contributed by atoms with van der Waals surface area (Å²) in [5, 5.41) is 8.12. The Kier molecular flexibility index (Phi) is 2.72. The van der Waals surface area contributed by atoms with Crippen molar-refractivity contribution in [2.24, 2.45) is 0 Å². The quantitative estimate of drug-likeness (QED) is 0.803. The molecule has 1 aromatic carbocycles. The van der Waals surface area contributed by atoms with Crippen molar-refractivity contribution < 1.29 is 19.0 Å². The molecule has 1 aromatic rings. The Balaban J connectivity index is 3.31. The molecule has 0 aliphatic heterocycles. The number of carboxylic acid groups (broad SMARTS) is 1. The molecule has 0 aliphatic rings. The zero-order valence-electron chi connectivity index (χ0n) is 6.67. The zero-order chi connectivity index (χ0) is 10.0. The minimum atomic E-state index is -1.27. The van der Waals surface area contributed by atoms with Crippen molar-refractivity contribution in [3.63, 3.8) is 0 Å². The van der Waals surface area contributed by atoms with E-state index in [1.54, 1.807) is 0 Å². The monoisotopic (exact) mass is 204 g/mol. The maximum Gasteiger partial charge on any atom is 0.337 e. The molecule has 0 aliphatic carbocycles. The fourth-order valence-corrected chi connectivity index (χ4v) is 1.09. The second kappa shape index (κ2) is 3.62. The highest BCUT2D eigenvalue weighted by atomic mass is 35.5. The topological polar surface area (TPSA) is 46.5 Å². The smallest absolute Gasteiger partial charge is 0.337 e. The molecule has 0 unspecified atom stereocenters. The average Bonchev–Trinajstić information content (AvgIpc) is 2.09. The zero-order valence-corrected chi connectivity index (χ0v) is 7.43. The van der Waals surface area contributed by atoms with Crippen LogP contribution >= 0.6 is 11.6 Å². The number of rotatable bonds is 2. The lowest BCUT2D eigenvalue weighted by molar-refractivity contribution is 0.0696. The average molecular weight is 205 g/mol. The van der Waals surface area contributed by atoms with Gasteiger partial charge in [-0.1, -0.05) is 11.6 Å². The Hall–Kier alpha value is -1.29. The highest BCUT2D eigenvalue weighted by Gasteiger charge is 2.16. The summed E-state index contributed by atoms with van der Waals surface area (Å²) in [6.45, 7) is 0. The maximum absolute atomic E-state index is 13.1. The van der Waals surface area contributed by atoms with Gasteiger partial charge < -0.3 is 9.84 Å². The van der Waals surface area contributed by atoms with Crippen molar-refractivity contribution in [1.82, 2.24) is 0 Å². The summed E-state index contributed by atoms with van der Waals surface area (Å²) in [7, 11) is 1.27. The number of carbonyl (C=O) groups is 1. The largest absolute Gasteiger partial charge is 0.494 e.